The van der Waals surface area contributed by atoms with Gasteiger partial charge in [-0.25, -0.2) is 4.39 Å². The number of thioether (sulfide) groups is 1. The van der Waals surface area contributed by atoms with Crippen LogP contribution in [0.1, 0.15) is 5.56 Å². The van der Waals surface area contributed by atoms with E-state index in [2.05, 4.69) is 15.5 Å². The van der Waals surface area contributed by atoms with Crippen molar-refractivity contribution in [3.05, 3.63) is 64.0 Å². The number of amides is 1. The Morgan fingerprint density at radius 2 is 1.94 bits per heavy atom. The summed E-state index contributed by atoms with van der Waals surface area (Å²) in [6.07, 6.45) is -4.90. The van der Waals surface area contributed by atoms with E-state index in [1.165, 1.54) is 22.8 Å². The van der Waals surface area contributed by atoms with Gasteiger partial charge in [0.1, 0.15) is 5.82 Å². The highest BCUT2D eigenvalue weighted by Crippen LogP contribution is 2.37. The molecule has 0 aliphatic heterocycles. The lowest BCUT2D eigenvalue weighted by atomic mass is 10.1. The molecule has 0 bridgehead atoms. The highest BCUT2D eigenvalue weighted by atomic mass is 32.2. The molecular weight excluding hydrogens is 442 g/mol. The summed E-state index contributed by atoms with van der Waals surface area (Å²) in [5.74, 6) is -1.40. The van der Waals surface area contributed by atoms with E-state index in [1.807, 2.05) is 0 Å². The Morgan fingerprint density at radius 1 is 1.23 bits per heavy atom. The predicted octanol–water partition coefficient (Wildman–Crippen LogP) is 4.28. The zero-order chi connectivity index (χ0) is 22.8. The summed E-state index contributed by atoms with van der Waals surface area (Å²) < 4.78 is 55.0. The molecule has 0 aliphatic carbocycles. The first-order valence-corrected chi connectivity index (χ1v) is 9.49. The van der Waals surface area contributed by atoms with Gasteiger partial charge in [0.05, 0.1) is 27.5 Å². The second-order valence-corrected chi connectivity index (χ2v) is 7.11. The minimum absolute atomic E-state index is 0.203. The number of benzene rings is 2. The van der Waals surface area contributed by atoms with Crippen molar-refractivity contribution in [2.45, 2.75) is 11.3 Å². The van der Waals surface area contributed by atoms with Crippen molar-refractivity contribution in [3.63, 3.8) is 0 Å². The predicted molar refractivity (Wildman–Crippen MR) is 104 cm³/mol. The Bertz CT molecular complexity index is 1150. The van der Waals surface area contributed by atoms with E-state index in [1.54, 1.807) is 13.1 Å². The Morgan fingerprint density at radius 3 is 2.58 bits per heavy atom. The maximum absolute atomic E-state index is 13.9. The fourth-order valence-electron chi connectivity index (χ4n) is 2.62. The molecule has 0 radical (unpaired) electrons. The lowest BCUT2D eigenvalue weighted by Crippen LogP contribution is -2.18. The number of aromatic nitrogens is 3. The molecule has 31 heavy (non-hydrogen) atoms. The van der Waals surface area contributed by atoms with Gasteiger partial charge in [0, 0.05) is 19.2 Å². The third kappa shape index (κ3) is 4.99. The van der Waals surface area contributed by atoms with Crippen molar-refractivity contribution >= 4 is 29.0 Å². The summed E-state index contributed by atoms with van der Waals surface area (Å²) in [6, 6.07) is 7.94. The van der Waals surface area contributed by atoms with Gasteiger partial charge < -0.3 is 9.88 Å². The summed E-state index contributed by atoms with van der Waals surface area (Å²) in [4.78, 5) is 22.0. The highest BCUT2D eigenvalue weighted by molar-refractivity contribution is 7.99. The van der Waals surface area contributed by atoms with Gasteiger partial charge >= 0.3 is 6.18 Å². The zero-order valence-corrected chi connectivity index (χ0v) is 16.5. The molecule has 1 aromatic heterocycles. The molecular formula is C18H13F4N5O3S. The van der Waals surface area contributed by atoms with Gasteiger partial charge in [-0.3, -0.25) is 14.9 Å². The van der Waals surface area contributed by atoms with Crippen molar-refractivity contribution in [3.8, 4) is 11.4 Å². The fraction of sp³-hybridized carbons (Fsp3) is 0.167. The van der Waals surface area contributed by atoms with Crippen LogP contribution in [-0.2, 0) is 18.0 Å². The van der Waals surface area contributed by atoms with Crippen LogP contribution in [0, 0.1) is 15.9 Å². The Hall–Kier alpha value is -3.48. The van der Waals surface area contributed by atoms with Crippen molar-refractivity contribution in [2.24, 2.45) is 7.05 Å². The second kappa shape index (κ2) is 8.71. The quantitative estimate of drug-likeness (QED) is 0.258. The summed E-state index contributed by atoms with van der Waals surface area (Å²) >= 11 is 0.883. The number of halogens is 4. The minimum atomic E-state index is -4.90. The molecule has 1 heterocycles. The van der Waals surface area contributed by atoms with Crippen molar-refractivity contribution in [1.29, 1.82) is 0 Å². The topological polar surface area (TPSA) is 103 Å². The van der Waals surface area contributed by atoms with Crippen LogP contribution in [0.15, 0.2) is 47.6 Å². The first-order valence-electron chi connectivity index (χ1n) is 8.50. The lowest BCUT2D eigenvalue weighted by molar-refractivity contribution is -0.385. The number of hydrogen-bond acceptors (Lipinski definition) is 6. The number of anilines is 1. The number of alkyl halides is 3. The van der Waals surface area contributed by atoms with E-state index in [0.717, 1.165) is 23.9 Å². The maximum atomic E-state index is 13.9. The van der Waals surface area contributed by atoms with Crippen molar-refractivity contribution in [2.75, 3.05) is 11.1 Å². The van der Waals surface area contributed by atoms with E-state index < -0.39 is 39.8 Å². The van der Waals surface area contributed by atoms with E-state index in [4.69, 9.17) is 0 Å². The van der Waals surface area contributed by atoms with Gasteiger partial charge in [0.2, 0.25) is 5.91 Å². The molecule has 0 unspecified atom stereocenters. The van der Waals surface area contributed by atoms with Crippen LogP contribution in [0.25, 0.3) is 11.4 Å². The number of nitrogens with zero attached hydrogens (tertiary/aromatic N) is 4. The SMILES string of the molecule is Cn1c(SCC(=O)Nc2ccc([N+](=O)[O-])cc2C(F)(F)F)nnc1-c1ccccc1F. The third-order valence-electron chi connectivity index (χ3n) is 4.08. The van der Waals surface area contributed by atoms with Crippen LogP contribution in [0.2, 0.25) is 0 Å². The average Bonchev–Trinajstić information content (AvgIpc) is 3.06. The zero-order valence-electron chi connectivity index (χ0n) is 15.7. The smallest absolute Gasteiger partial charge is 0.325 e. The van der Waals surface area contributed by atoms with Crippen molar-refractivity contribution in [1.82, 2.24) is 14.8 Å². The molecule has 13 heteroatoms. The summed E-state index contributed by atoms with van der Waals surface area (Å²) in [5.41, 5.74) is -2.48. The molecule has 3 rings (SSSR count). The van der Waals surface area contributed by atoms with E-state index in [9.17, 15) is 32.5 Å². The van der Waals surface area contributed by atoms with Crippen LogP contribution in [-0.4, -0.2) is 31.3 Å². The summed E-state index contributed by atoms with van der Waals surface area (Å²) in [6.45, 7) is 0. The molecule has 0 saturated heterocycles. The average molecular weight is 455 g/mol. The lowest BCUT2D eigenvalue weighted by Gasteiger charge is -2.13. The molecule has 0 aliphatic rings. The Kier molecular flexibility index (Phi) is 6.24. The molecule has 162 valence electrons. The van der Waals surface area contributed by atoms with E-state index >= 15 is 0 Å². The molecule has 3 aromatic rings. The molecule has 0 fully saturated rings. The molecule has 8 nitrogen and oxygen atoms in total. The normalized spacial score (nSPS) is 11.4. The first-order chi connectivity index (χ1) is 14.6. The van der Waals surface area contributed by atoms with E-state index in [-0.39, 0.29) is 22.3 Å². The van der Waals surface area contributed by atoms with Gasteiger partial charge in [-0.1, -0.05) is 23.9 Å². The van der Waals surface area contributed by atoms with Crippen LogP contribution in [0.3, 0.4) is 0 Å². The number of hydrogen-bond donors (Lipinski definition) is 1. The number of nitro benzene ring substituents is 1. The van der Waals surface area contributed by atoms with Gasteiger partial charge in [0.15, 0.2) is 11.0 Å². The van der Waals surface area contributed by atoms with Gasteiger partial charge in [-0.2, -0.15) is 13.2 Å². The number of nitro groups is 1. The molecule has 1 amide bonds. The standard InChI is InChI=1S/C18H13F4N5O3S/c1-26-16(11-4-2-3-5-13(11)19)24-25-17(26)31-9-15(28)23-14-7-6-10(27(29)30)8-12(14)18(20,21)22/h2-8H,9H2,1H3,(H,23,28). The maximum Gasteiger partial charge on any atom is 0.418 e. The Balaban J connectivity index is 1.73. The number of non-ortho nitro benzene ring substituents is 1. The largest absolute Gasteiger partial charge is 0.418 e. The van der Waals surface area contributed by atoms with Gasteiger partial charge in [-0.15, -0.1) is 10.2 Å². The fourth-order valence-corrected chi connectivity index (χ4v) is 3.33. The van der Waals surface area contributed by atoms with Gasteiger partial charge in [0.25, 0.3) is 5.69 Å². The first kappa shape index (κ1) is 22.2. The number of carbonyl (C=O) groups excluding carboxylic acids is 1. The summed E-state index contributed by atoms with van der Waals surface area (Å²) in [7, 11) is 1.56. The van der Waals surface area contributed by atoms with Crippen LogP contribution >= 0.6 is 11.8 Å². The number of nitrogens with one attached hydrogen (secondary N) is 1. The van der Waals surface area contributed by atoms with Crippen molar-refractivity contribution < 1.29 is 27.3 Å². The molecule has 1 N–H and O–H groups in total. The molecule has 2 aromatic carbocycles. The minimum Gasteiger partial charge on any atom is -0.325 e. The molecule has 0 saturated carbocycles. The third-order valence-corrected chi connectivity index (χ3v) is 5.10. The van der Waals surface area contributed by atoms with Crippen LogP contribution in [0.5, 0.6) is 0 Å². The number of carbonyl (C=O) groups is 1. The second-order valence-electron chi connectivity index (χ2n) is 6.17. The Labute approximate surface area is 176 Å². The van der Waals surface area contributed by atoms with Crippen LogP contribution < -0.4 is 5.32 Å². The highest BCUT2D eigenvalue weighted by Gasteiger charge is 2.35. The number of rotatable bonds is 6. The summed E-state index contributed by atoms with van der Waals surface area (Å²) in [5, 5.41) is 20.8. The van der Waals surface area contributed by atoms with Gasteiger partial charge in [-0.05, 0) is 18.2 Å². The monoisotopic (exact) mass is 455 g/mol. The van der Waals surface area contributed by atoms with Crippen LogP contribution in [0.4, 0.5) is 28.9 Å². The molecule has 0 atom stereocenters. The van der Waals surface area contributed by atoms with E-state index in [0.29, 0.717) is 6.07 Å². The molecule has 0 spiro atoms.